The fourth-order valence-corrected chi connectivity index (χ4v) is 2.75. The molecule has 1 aliphatic rings. The molecule has 1 saturated heterocycles. The van der Waals surface area contributed by atoms with Gasteiger partial charge >= 0.3 is 0 Å². The second kappa shape index (κ2) is 5.83. The highest BCUT2D eigenvalue weighted by atomic mass is 16.5. The first-order valence-corrected chi connectivity index (χ1v) is 7.05. The van der Waals surface area contributed by atoms with Gasteiger partial charge in [-0.2, -0.15) is 0 Å². The highest BCUT2D eigenvalue weighted by Gasteiger charge is 2.31. The van der Waals surface area contributed by atoms with Crippen LogP contribution in [0.2, 0.25) is 0 Å². The molecule has 1 atom stereocenters. The number of hydrogen-bond acceptors (Lipinski definition) is 3. The van der Waals surface area contributed by atoms with Crippen molar-refractivity contribution in [3.05, 3.63) is 29.3 Å². The quantitative estimate of drug-likeness (QED) is 0.918. The first-order valence-electron chi connectivity index (χ1n) is 7.05. The molecular weight excluding hydrogens is 254 g/mol. The Labute approximate surface area is 120 Å². The maximum Gasteiger partial charge on any atom is 0.227 e. The summed E-state index contributed by atoms with van der Waals surface area (Å²) in [4.78, 5) is 14.1. The van der Waals surface area contributed by atoms with Crippen LogP contribution in [-0.2, 0) is 11.2 Å². The number of aryl methyl sites for hydroxylation is 1. The van der Waals surface area contributed by atoms with Gasteiger partial charge in [-0.05, 0) is 32.8 Å². The Hall–Kier alpha value is -1.55. The van der Waals surface area contributed by atoms with Crippen molar-refractivity contribution in [2.75, 3.05) is 20.2 Å². The van der Waals surface area contributed by atoms with E-state index in [4.69, 9.17) is 4.74 Å². The van der Waals surface area contributed by atoms with Gasteiger partial charge in [0.25, 0.3) is 0 Å². The molecule has 0 saturated carbocycles. The van der Waals surface area contributed by atoms with Crippen LogP contribution < -0.4 is 4.74 Å². The summed E-state index contributed by atoms with van der Waals surface area (Å²) in [6.07, 6.45) is 1.93. The van der Waals surface area contributed by atoms with Crippen LogP contribution in [0.15, 0.2) is 18.2 Å². The lowest BCUT2D eigenvalue weighted by molar-refractivity contribution is -0.136. The van der Waals surface area contributed by atoms with E-state index in [1.54, 1.807) is 18.9 Å². The standard InChI is InChI=1S/C16H23NO3/c1-12-5-6-14(20-3)13(9-12)10-15(18)17-8-4-7-16(2,19)11-17/h5-6,9,19H,4,7-8,10-11H2,1-3H3. The Kier molecular flexibility index (Phi) is 4.33. The number of nitrogens with zero attached hydrogens (tertiary/aromatic N) is 1. The molecule has 20 heavy (non-hydrogen) atoms. The molecule has 1 amide bonds. The summed E-state index contributed by atoms with van der Waals surface area (Å²) in [6.45, 7) is 4.93. The summed E-state index contributed by atoms with van der Waals surface area (Å²) in [7, 11) is 1.62. The van der Waals surface area contributed by atoms with Crippen LogP contribution in [0.4, 0.5) is 0 Å². The van der Waals surface area contributed by atoms with Gasteiger partial charge in [0.15, 0.2) is 0 Å². The molecule has 0 bridgehead atoms. The van der Waals surface area contributed by atoms with Crippen molar-refractivity contribution in [2.24, 2.45) is 0 Å². The minimum absolute atomic E-state index is 0.0499. The lowest BCUT2D eigenvalue weighted by Gasteiger charge is -2.37. The fourth-order valence-electron chi connectivity index (χ4n) is 2.75. The summed E-state index contributed by atoms with van der Waals surface area (Å²) < 4.78 is 5.31. The van der Waals surface area contributed by atoms with E-state index in [-0.39, 0.29) is 5.91 Å². The Morgan fingerprint density at radius 1 is 1.50 bits per heavy atom. The number of hydrogen-bond donors (Lipinski definition) is 1. The van der Waals surface area contributed by atoms with Crippen molar-refractivity contribution in [2.45, 2.75) is 38.7 Å². The number of carbonyl (C=O) groups excluding carboxylic acids is 1. The van der Waals surface area contributed by atoms with Crippen LogP contribution in [0.25, 0.3) is 0 Å². The van der Waals surface area contributed by atoms with Gasteiger partial charge in [0.2, 0.25) is 5.91 Å². The lowest BCUT2D eigenvalue weighted by Crippen LogP contribution is -2.49. The molecule has 0 spiro atoms. The molecule has 110 valence electrons. The Morgan fingerprint density at radius 3 is 2.90 bits per heavy atom. The molecule has 2 rings (SSSR count). The Bertz CT molecular complexity index is 496. The molecule has 4 heteroatoms. The van der Waals surface area contributed by atoms with E-state index >= 15 is 0 Å². The number of likely N-dealkylation sites (tertiary alicyclic amines) is 1. The first kappa shape index (κ1) is 14.9. The molecule has 1 N–H and O–H groups in total. The van der Waals surface area contributed by atoms with Gasteiger partial charge in [0.05, 0.1) is 19.1 Å². The highest BCUT2D eigenvalue weighted by Crippen LogP contribution is 2.24. The molecule has 1 aromatic carbocycles. The number of amides is 1. The van der Waals surface area contributed by atoms with Crippen LogP contribution in [-0.4, -0.2) is 41.7 Å². The summed E-state index contributed by atoms with van der Waals surface area (Å²) in [5.74, 6) is 0.793. The van der Waals surface area contributed by atoms with Gasteiger partial charge in [-0.1, -0.05) is 17.7 Å². The third-order valence-corrected chi connectivity index (χ3v) is 3.81. The Morgan fingerprint density at radius 2 is 2.25 bits per heavy atom. The minimum atomic E-state index is -0.759. The number of aliphatic hydroxyl groups is 1. The van der Waals surface area contributed by atoms with E-state index in [1.165, 1.54) is 0 Å². The zero-order chi connectivity index (χ0) is 14.8. The number of benzene rings is 1. The minimum Gasteiger partial charge on any atom is -0.496 e. The summed E-state index contributed by atoms with van der Waals surface area (Å²) in [5, 5.41) is 10.1. The van der Waals surface area contributed by atoms with Gasteiger partial charge in [-0.3, -0.25) is 4.79 Å². The van der Waals surface area contributed by atoms with Gasteiger partial charge < -0.3 is 14.7 Å². The topological polar surface area (TPSA) is 49.8 Å². The third kappa shape index (κ3) is 3.51. The van der Waals surface area contributed by atoms with Crippen LogP contribution in [0, 0.1) is 6.92 Å². The second-order valence-electron chi connectivity index (χ2n) is 5.91. The molecular formula is C16H23NO3. The third-order valence-electron chi connectivity index (χ3n) is 3.81. The van der Waals surface area contributed by atoms with E-state index in [0.717, 1.165) is 36.3 Å². The number of β-amino-alcohol motifs (C(OH)–C–C–N with tert-alkyl or cyclic N) is 1. The molecule has 4 nitrogen and oxygen atoms in total. The fraction of sp³-hybridized carbons (Fsp3) is 0.562. The van der Waals surface area contributed by atoms with Crippen molar-refractivity contribution in [3.8, 4) is 5.75 Å². The van der Waals surface area contributed by atoms with E-state index in [0.29, 0.717) is 13.0 Å². The SMILES string of the molecule is COc1ccc(C)cc1CC(=O)N1CCCC(C)(O)C1. The predicted octanol–water partition coefficient (Wildman–Crippen LogP) is 1.92. The second-order valence-corrected chi connectivity index (χ2v) is 5.91. The van der Waals surface area contributed by atoms with E-state index in [1.807, 2.05) is 25.1 Å². The number of methoxy groups -OCH3 is 1. The van der Waals surface area contributed by atoms with Crippen LogP contribution >= 0.6 is 0 Å². The highest BCUT2D eigenvalue weighted by molar-refractivity contribution is 5.79. The largest absolute Gasteiger partial charge is 0.496 e. The summed E-state index contributed by atoms with van der Waals surface area (Å²) in [6, 6.07) is 5.85. The molecule has 1 aromatic rings. The first-order chi connectivity index (χ1) is 9.41. The van der Waals surface area contributed by atoms with Gasteiger partial charge in [-0.15, -0.1) is 0 Å². The van der Waals surface area contributed by atoms with Crippen molar-refractivity contribution >= 4 is 5.91 Å². The average Bonchev–Trinajstić information content (AvgIpc) is 2.38. The number of piperidine rings is 1. The zero-order valence-electron chi connectivity index (χ0n) is 12.5. The van der Waals surface area contributed by atoms with Crippen molar-refractivity contribution < 1.29 is 14.6 Å². The van der Waals surface area contributed by atoms with Crippen LogP contribution in [0.1, 0.15) is 30.9 Å². The predicted molar refractivity (Wildman–Crippen MR) is 77.9 cm³/mol. The van der Waals surface area contributed by atoms with E-state index in [9.17, 15) is 9.90 Å². The van der Waals surface area contributed by atoms with E-state index in [2.05, 4.69) is 0 Å². The van der Waals surface area contributed by atoms with Crippen LogP contribution in [0.5, 0.6) is 5.75 Å². The van der Waals surface area contributed by atoms with Gasteiger partial charge in [0, 0.05) is 18.7 Å². The van der Waals surface area contributed by atoms with Gasteiger partial charge in [0.1, 0.15) is 5.75 Å². The summed E-state index contributed by atoms with van der Waals surface area (Å²) in [5.41, 5.74) is 1.26. The lowest BCUT2D eigenvalue weighted by atomic mass is 9.94. The molecule has 0 radical (unpaired) electrons. The number of ether oxygens (including phenoxy) is 1. The smallest absolute Gasteiger partial charge is 0.227 e. The van der Waals surface area contributed by atoms with Crippen LogP contribution in [0.3, 0.4) is 0 Å². The van der Waals surface area contributed by atoms with Crippen molar-refractivity contribution in [1.82, 2.24) is 4.90 Å². The zero-order valence-corrected chi connectivity index (χ0v) is 12.5. The van der Waals surface area contributed by atoms with E-state index < -0.39 is 5.60 Å². The molecule has 0 aromatic heterocycles. The number of carbonyl (C=O) groups is 1. The van der Waals surface area contributed by atoms with Crippen molar-refractivity contribution in [1.29, 1.82) is 0 Å². The molecule has 1 aliphatic heterocycles. The number of rotatable bonds is 3. The monoisotopic (exact) mass is 277 g/mol. The average molecular weight is 277 g/mol. The maximum atomic E-state index is 12.4. The molecule has 1 unspecified atom stereocenters. The van der Waals surface area contributed by atoms with Crippen molar-refractivity contribution in [3.63, 3.8) is 0 Å². The maximum absolute atomic E-state index is 12.4. The summed E-state index contributed by atoms with van der Waals surface area (Å²) >= 11 is 0. The Balaban J connectivity index is 2.09. The molecule has 1 fully saturated rings. The molecule has 0 aliphatic carbocycles. The normalized spacial score (nSPS) is 22.7. The molecule has 1 heterocycles. The van der Waals surface area contributed by atoms with Gasteiger partial charge in [-0.25, -0.2) is 0 Å².